The lowest BCUT2D eigenvalue weighted by atomic mass is 10.1. The van der Waals surface area contributed by atoms with Gasteiger partial charge in [-0.15, -0.1) is 0 Å². The van der Waals surface area contributed by atoms with Crippen LogP contribution in [0.1, 0.15) is 35.4 Å². The van der Waals surface area contributed by atoms with Gasteiger partial charge in [0.05, 0.1) is 6.54 Å². The van der Waals surface area contributed by atoms with Gasteiger partial charge in [-0.2, -0.15) is 0 Å². The second-order valence-electron chi connectivity index (χ2n) is 6.96. The van der Waals surface area contributed by atoms with Crippen LogP contribution in [0.15, 0.2) is 54.7 Å². The van der Waals surface area contributed by atoms with Crippen LogP contribution < -0.4 is 21.5 Å². The summed E-state index contributed by atoms with van der Waals surface area (Å²) >= 11 is 12.0. The summed E-state index contributed by atoms with van der Waals surface area (Å²) in [6, 6.07) is 15.0. The van der Waals surface area contributed by atoms with E-state index < -0.39 is 0 Å². The molecule has 1 aliphatic rings. The molecule has 0 saturated heterocycles. The van der Waals surface area contributed by atoms with Gasteiger partial charge in [0, 0.05) is 27.6 Å². The second kappa shape index (κ2) is 9.25. The summed E-state index contributed by atoms with van der Waals surface area (Å²) in [6.07, 6.45) is 6.62. The Labute approximate surface area is 185 Å². The van der Waals surface area contributed by atoms with E-state index in [0.717, 1.165) is 42.1 Å². The van der Waals surface area contributed by atoms with Crippen LogP contribution in [-0.2, 0) is 19.5 Å². The number of carbonyl (C=O) groups excluding carboxylic acids is 1. The van der Waals surface area contributed by atoms with E-state index in [1.165, 1.54) is 12.2 Å². The van der Waals surface area contributed by atoms with E-state index in [2.05, 4.69) is 15.3 Å². The molecule has 1 aliphatic heterocycles. The predicted molar refractivity (Wildman–Crippen MR) is 108 cm³/mol. The van der Waals surface area contributed by atoms with E-state index in [0.29, 0.717) is 17.1 Å². The maximum atomic E-state index is 12.8. The van der Waals surface area contributed by atoms with Gasteiger partial charge in [-0.3, -0.25) is 4.79 Å². The van der Waals surface area contributed by atoms with Crippen LogP contribution in [0.4, 0.5) is 0 Å². The van der Waals surface area contributed by atoms with Gasteiger partial charge in [0.2, 0.25) is 5.78 Å². The molecule has 0 bridgehead atoms. The van der Waals surface area contributed by atoms with Crippen molar-refractivity contribution in [1.82, 2.24) is 4.57 Å². The van der Waals surface area contributed by atoms with Crippen molar-refractivity contribution in [3.8, 4) is 11.3 Å². The molecule has 2 heterocycles. The Morgan fingerprint density at radius 2 is 1.57 bits per heavy atom. The Kier molecular flexibility index (Phi) is 6.97. The number of imidazole rings is 1. The molecule has 4 rings (SSSR count). The van der Waals surface area contributed by atoms with Crippen molar-refractivity contribution >= 4 is 29.0 Å². The van der Waals surface area contributed by atoms with Crippen LogP contribution in [0, 0.1) is 0 Å². The first-order chi connectivity index (χ1) is 13.1. The highest BCUT2D eigenvalue weighted by Crippen LogP contribution is 2.25. The van der Waals surface area contributed by atoms with Gasteiger partial charge in [0.15, 0.2) is 12.2 Å². The zero-order valence-electron chi connectivity index (χ0n) is 15.4. The fourth-order valence-electron chi connectivity index (χ4n) is 3.71. The summed E-state index contributed by atoms with van der Waals surface area (Å²) in [5.74, 6) is 1.32. The molecular formula is C22H21BrCl2N2O. The average Bonchev–Trinajstić information content (AvgIpc) is 2.84. The van der Waals surface area contributed by atoms with E-state index in [-0.39, 0.29) is 22.8 Å². The van der Waals surface area contributed by atoms with Gasteiger partial charge in [0.1, 0.15) is 6.20 Å². The lowest BCUT2D eigenvalue weighted by molar-refractivity contribution is -0.690. The minimum atomic E-state index is 0. The Balaban J connectivity index is 0.00000225. The van der Waals surface area contributed by atoms with Gasteiger partial charge < -0.3 is 17.0 Å². The quantitative estimate of drug-likeness (QED) is 0.416. The number of ketones is 1. The standard InChI is InChI=1S/C22H21Cl2N2O.BrH/c23-18-9-5-16(6-10-18)20-14-25(22-4-2-1-3-13-26(20)22)15-21(27)17-7-11-19(24)12-8-17;/h5-12,14H,1-4,13,15H2;1H/q+1;/p-1. The number of halogens is 3. The molecule has 146 valence electrons. The summed E-state index contributed by atoms with van der Waals surface area (Å²) in [5, 5.41) is 1.37. The van der Waals surface area contributed by atoms with Crippen LogP contribution in [0.3, 0.4) is 0 Å². The molecule has 0 N–H and O–H groups in total. The van der Waals surface area contributed by atoms with Crippen molar-refractivity contribution < 1.29 is 26.3 Å². The van der Waals surface area contributed by atoms with Gasteiger partial charge >= 0.3 is 0 Å². The van der Waals surface area contributed by atoms with Crippen LogP contribution >= 0.6 is 23.2 Å². The summed E-state index contributed by atoms with van der Waals surface area (Å²) in [4.78, 5) is 12.8. The van der Waals surface area contributed by atoms with Crippen molar-refractivity contribution in [1.29, 1.82) is 0 Å². The Morgan fingerprint density at radius 1 is 0.929 bits per heavy atom. The SMILES string of the molecule is O=C(C[n+]1cc(-c2ccc(Cl)cc2)n2c1CCCCC2)c1ccc(Cl)cc1.[Br-]. The summed E-state index contributed by atoms with van der Waals surface area (Å²) in [5.41, 5.74) is 2.96. The molecule has 1 aromatic heterocycles. The van der Waals surface area contributed by atoms with Crippen LogP contribution in [0.25, 0.3) is 11.3 Å². The maximum Gasteiger partial charge on any atom is 0.257 e. The monoisotopic (exact) mass is 478 g/mol. The molecule has 3 aromatic rings. The molecule has 0 unspecified atom stereocenters. The molecule has 2 aromatic carbocycles. The highest BCUT2D eigenvalue weighted by atomic mass is 79.9. The molecule has 0 spiro atoms. The average molecular weight is 480 g/mol. The topological polar surface area (TPSA) is 25.9 Å². The molecule has 6 heteroatoms. The van der Waals surface area contributed by atoms with E-state index in [9.17, 15) is 4.79 Å². The summed E-state index contributed by atoms with van der Waals surface area (Å²) in [6.45, 7) is 1.32. The predicted octanol–water partition coefficient (Wildman–Crippen LogP) is 2.36. The molecule has 3 nitrogen and oxygen atoms in total. The number of Topliss-reactive ketones (excluding diaryl/α,β-unsaturated/α-hetero) is 1. The Bertz CT molecular complexity index is 965. The number of fused-ring (bicyclic) bond motifs is 1. The third-order valence-corrected chi connectivity index (χ3v) is 5.62. The van der Waals surface area contributed by atoms with Gasteiger partial charge in [-0.25, -0.2) is 9.13 Å². The maximum absolute atomic E-state index is 12.8. The third-order valence-electron chi connectivity index (χ3n) is 5.11. The minimum absolute atomic E-state index is 0. The molecule has 0 atom stereocenters. The lowest BCUT2D eigenvalue weighted by Gasteiger charge is -2.03. The number of rotatable bonds is 4. The van der Waals surface area contributed by atoms with E-state index in [1.807, 2.05) is 24.3 Å². The molecule has 0 amide bonds. The highest BCUT2D eigenvalue weighted by Gasteiger charge is 2.27. The van der Waals surface area contributed by atoms with E-state index >= 15 is 0 Å². The van der Waals surface area contributed by atoms with Gasteiger partial charge in [0.25, 0.3) is 5.82 Å². The zero-order valence-corrected chi connectivity index (χ0v) is 18.5. The van der Waals surface area contributed by atoms with Crippen molar-refractivity contribution in [2.24, 2.45) is 0 Å². The van der Waals surface area contributed by atoms with Crippen molar-refractivity contribution in [3.63, 3.8) is 0 Å². The Morgan fingerprint density at radius 3 is 2.25 bits per heavy atom. The number of benzene rings is 2. The third kappa shape index (κ3) is 4.51. The van der Waals surface area contributed by atoms with Crippen molar-refractivity contribution in [3.05, 3.63) is 76.2 Å². The lowest BCUT2D eigenvalue weighted by Crippen LogP contribution is -3.00. The van der Waals surface area contributed by atoms with Gasteiger partial charge in [-0.1, -0.05) is 23.2 Å². The molecule has 0 radical (unpaired) electrons. The van der Waals surface area contributed by atoms with Gasteiger partial charge in [-0.05, 0) is 67.8 Å². The normalized spacial score (nSPS) is 13.4. The van der Waals surface area contributed by atoms with Crippen molar-refractivity contribution in [2.45, 2.75) is 38.8 Å². The summed E-state index contributed by atoms with van der Waals surface area (Å²) in [7, 11) is 0. The number of hydrogen-bond acceptors (Lipinski definition) is 1. The highest BCUT2D eigenvalue weighted by molar-refractivity contribution is 6.30. The number of hydrogen-bond donors (Lipinski definition) is 0. The molecular weight excluding hydrogens is 459 g/mol. The van der Waals surface area contributed by atoms with Crippen LogP contribution in [0.5, 0.6) is 0 Å². The van der Waals surface area contributed by atoms with Crippen molar-refractivity contribution in [2.75, 3.05) is 0 Å². The Hall–Kier alpha value is -1.62. The van der Waals surface area contributed by atoms with Crippen LogP contribution in [-0.4, -0.2) is 10.4 Å². The van der Waals surface area contributed by atoms with E-state index in [1.54, 1.807) is 24.3 Å². The minimum Gasteiger partial charge on any atom is -1.00 e. The smallest absolute Gasteiger partial charge is 0.257 e. The molecule has 0 saturated carbocycles. The number of carbonyl (C=O) groups is 1. The second-order valence-corrected chi connectivity index (χ2v) is 7.83. The fourth-order valence-corrected chi connectivity index (χ4v) is 3.97. The van der Waals surface area contributed by atoms with Crippen LogP contribution in [0.2, 0.25) is 10.0 Å². The first-order valence-corrected chi connectivity index (χ1v) is 10.0. The first-order valence-electron chi connectivity index (χ1n) is 9.28. The molecule has 0 fully saturated rings. The zero-order chi connectivity index (χ0) is 18.8. The number of nitrogens with zero attached hydrogens (tertiary/aromatic N) is 2. The summed E-state index contributed by atoms with van der Waals surface area (Å²) < 4.78 is 4.48. The largest absolute Gasteiger partial charge is 1.00 e. The van der Waals surface area contributed by atoms with E-state index in [4.69, 9.17) is 23.2 Å². The first kappa shape index (κ1) is 21.1. The number of aromatic nitrogens is 2. The molecule has 0 aliphatic carbocycles. The fraction of sp³-hybridized carbons (Fsp3) is 0.273. The molecule has 28 heavy (non-hydrogen) atoms.